The Morgan fingerprint density at radius 3 is 2.26 bits per heavy atom. The molecule has 1 saturated heterocycles. The second-order valence-electron chi connectivity index (χ2n) is 14.6. The molecule has 1 aromatic heterocycles. The van der Waals surface area contributed by atoms with Crippen LogP contribution in [0.2, 0.25) is 0 Å². The van der Waals surface area contributed by atoms with Crippen LogP contribution in [0.5, 0.6) is 0 Å². The SMILES string of the molecule is CCN1C=C(C(=O)O)C(=O)C2C=C(F)C(N3CCN(C(=O)OCc4ccc(NC(=O)[C@H](C)n5cc([C@@H](NC(=O)OCc6ccccc6)C(C)C)nn5)cc4)CC3)=CC21. The number of likely N-dealkylation sites (N-methyl/N-ethyl adjacent to an activating group) is 1. The molecule has 3 heterocycles. The molecule has 3 N–H and O–H groups in total. The molecule has 1 aliphatic carbocycles. The number of halogens is 1. The van der Waals surface area contributed by atoms with Crippen molar-refractivity contribution in [2.45, 2.75) is 59.0 Å². The van der Waals surface area contributed by atoms with Gasteiger partial charge in [-0.15, -0.1) is 5.10 Å². The van der Waals surface area contributed by atoms with Crippen molar-refractivity contribution in [3.8, 4) is 0 Å². The number of carbonyl (C=O) groups is 5. The number of Topliss-reactive ketones (excluding diaryl/α,β-unsaturated/α-hetero) is 1. The van der Waals surface area contributed by atoms with E-state index in [1.807, 2.05) is 56.0 Å². The predicted octanol–water partition coefficient (Wildman–Crippen LogP) is 4.96. The van der Waals surface area contributed by atoms with E-state index in [9.17, 15) is 29.1 Å². The van der Waals surface area contributed by atoms with Crippen LogP contribution >= 0.6 is 0 Å². The summed E-state index contributed by atoms with van der Waals surface area (Å²) < 4.78 is 27.7. The normalized spacial score (nSPS) is 19.0. The number of fused-ring (bicyclic) bond motifs is 1. The average molecular weight is 799 g/mol. The summed E-state index contributed by atoms with van der Waals surface area (Å²) in [6.07, 6.45) is 4.70. The third kappa shape index (κ3) is 9.53. The van der Waals surface area contributed by atoms with Crippen LogP contribution in [0.4, 0.5) is 19.7 Å². The van der Waals surface area contributed by atoms with Gasteiger partial charge < -0.3 is 39.9 Å². The Labute approximate surface area is 334 Å². The number of carboxylic acids is 1. The molecule has 0 bridgehead atoms. The first-order valence-electron chi connectivity index (χ1n) is 19.1. The lowest BCUT2D eigenvalue weighted by Gasteiger charge is -2.42. The van der Waals surface area contributed by atoms with Crippen LogP contribution in [0.1, 0.15) is 56.6 Å². The minimum atomic E-state index is -1.34. The van der Waals surface area contributed by atoms with Crippen molar-refractivity contribution in [2.24, 2.45) is 11.8 Å². The molecule has 3 amide bonds. The van der Waals surface area contributed by atoms with Gasteiger partial charge in [-0.1, -0.05) is 61.5 Å². The van der Waals surface area contributed by atoms with E-state index in [-0.39, 0.29) is 43.7 Å². The summed E-state index contributed by atoms with van der Waals surface area (Å²) in [5, 5.41) is 23.5. The summed E-state index contributed by atoms with van der Waals surface area (Å²) in [4.78, 5) is 68.1. The number of carbonyl (C=O) groups excluding carboxylic acids is 4. The average Bonchev–Trinajstić information content (AvgIpc) is 3.71. The van der Waals surface area contributed by atoms with Crippen molar-refractivity contribution < 1.29 is 42.9 Å². The molecule has 58 heavy (non-hydrogen) atoms. The van der Waals surface area contributed by atoms with Gasteiger partial charge >= 0.3 is 18.2 Å². The molecule has 2 aromatic carbocycles. The van der Waals surface area contributed by atoms with Gasteiger partial charge in [-0.05, 0) is 55.2 Å². The number of ether oxygens (including phenoxy) is 2. The maximum absolute atomic E-state index is 15.3. The lowest BCUT2D eigenvalue weighted by Crippen LogP contribution is -2.50. The Hall–Kier alpha value is -6.52. The fraction of sp³-hybridized carbons (Fsp3) is 0.390. The van der Waals surface area contributed by atoms with Crippen molar-refractivity contribution in [3.63, 3.8) is 0 Å². The number of anilines is 1. The standard InChI is InChI=1S/C41H47FN8O8/c1-5-47-21-31(39(53)54)37(51)30-19-32(42)35(20-34(30)47)48-15-17-49(18-16-48)41(56)58-24-28-11-13-29(14-12-28)43-38(52)26(4)50-22-33(45-46-50)36(25(2)3)44-40(55)57-23-27-9-7-6-8-10-27/h6-14,19-22,25-26,30,34,36H,5,15-18,23-24H2,1-4H3,(H,43,52)(H,44,55)(H,53,54)/t26-,30?,34?,36-/m0/s1. The highest BCUT2D eigenvalue weighted by Crippen LogP contribution is 2.35. The number of piperazine rings is 1. The number of aromatic nitrogens is 3. The molecule has 0 saturated carbocycles. The maximum Gasteiger partial charge on any atom is 0.410 e. The number of benzene rings is 2. The summed E-state index contributed by atoms with van der Waals surface area (Å²) >= 11 is 0. The van der Waals surface area contributed by atoms with E-state index in [0.29, 0.717) is 42.3 Å². The lowest BCUT2D eigenvalue weighted by molar-refractivity contribution is -0.136. The van der Waals surface area contributed by atoms with E-state index < -0.39 is 53.8 Å². The van der Waals surface area contributed by atoms with E-state index in [1.54, 1.807) is 48.4 Å². The molecule has 1 fully saturated rings. The first kappa shape index (κ1) is 41.1. The van der Waals surface area contributed by atoms with E-state index >= 15 is 4.39 Å². The molecule has 0 spiro atoms. The number of carboxylic acid groups (broad SMARTS) is 1. The van der Waals surface area contributed by atoms with Crippen LogP contribution in [0.15, 0.2) is 96.2 Å². The Bertz CT molecular complexity index is 2090. The largest absolute Gasteiger partial charge is 0.478 e. The first-order valence-corrected chi connectivity index (χ1v) is 19.1. The van der Waals surface area contributed by atoms with Gasteiger partial charge in [-0.25, -0.2) is 23.5 Å². The molecule has 6 rings (SSSR count). The number of rotatable bonds is 13. The van der Waals surface area contributed by atoms with Crippen molar-refractivity contribution in [2.75, 3.05) is 38.0 Å². The van der Waals surface area contributed by atoms with Crippen molar-refractivity contribution in [1.82, 2.24) is 35.0 Å². The Morgan fingerprint density at radius 1 is 0.931 bits per heavy atom. The Morgan fingerprint density at radius 2 is 1.60 bits per heavy atom. The van der Waals surface area contributed by atoms with E-state index in [4.69, 9.17) is 9.47 Å². The van der Waals surface area contributed by atoms with E-state index in [2.05, 4.69) is 20.9 Å². The lowest BCUT2D eigenvalue weighted by atomic mass is 9.82. The van der Waals surface area contributed by atoms with Crippen molar-refractivity contribution >= 4 is 35.5 Å². The smallest absolute Gasteiger partial charge is 0.410 e. The van der Waals surface area contributed by atoms with E-state index in [0.717, 1.165) is 5.56 Å². The van der Waals surface area contributed by atoms with Crippen molar-refractivity contribution in [3.05, 3.63) is 113 Å². The van der Waals surface area contributed by atoms with Gasteiger partial charge in [-0.2, -0.15) is 0 Å². The summed E-state index contributed by atoms with van der Waals surface area (Å²) in [6.45, 7) is 9.14. The quantitative estimate of drug-likeness (QED) is 0.198. The summed E-state index contributed by atoms with van der Waals surface area (Å²) in [5.41, 5.74) is 2.51. The first-order chi connectivity index (χ1) is 27.8. The van der Waals surface area contributed by atoms with Crippen LogP contribution in [-0.2, 0) is 37.1 Å². The molecule has 16 nitrogen and oxygen atoms in total. The van der Waals surface area contributed by atoms with Crippen LogP contribution in [0.3, 0.4) is 0 Å². The molecule has 2 unspecified atom stereocenters. The molecule has 4 atom stereocenters. The number of hydrogen-bond donors (Lipinski definition) is 3. The topological polar surface area (TPSA) is 189 Å². The van der Waals surface area contributed by atoms with Crippen LogP contribution in [0, 0.1) is 11.8 Å². The molecular formula is C41H47FN8O8. The number of hydrogen-bond acceptors (Lipinski definition) is 11. The van der Waals surface area contributed by atoms with Crippen LogP contribution < -0.4 is 10.6 Å². The summed E-state index contributed by atoms with van der Waals surface area (Å²) in [7, 11) is 0. The minimum absolute atomic E-state index is 0.00538. The number of nitrogens with zero attached hydrogens (tertiary/aromatic N) is 6. The molecule has 3 aromatic rings. The third-order valence-electron chi connectivity index (χ3n) is 10.3. The number of allylic oxidation sites excluding steroid dienone is 1. The highest BCUT2D eigenvalue weighted by atomic mass is 19.1. The number of amides is 3. The fourth-order valence-corrected chi connectivity index (χ4v) is 6.95. The number of aliphatic carboxylic acids is 1. The Kier molecular flexibility index (Phi) is 12.9. The molecule has 2 aliphatic heterocycles. The fourth-order valence-electron chi connectivity index (χ4n) is 6.95. The number of alkyl carbamates (subject to hydrolysis) is 1. The van der Waals surface area contributed by atoms with Gasteiger partial charge in [0.1, 0.15) is 36.3 Å². The second-order valence-corrected chi connectivity index (χ2v) is 14.6. The number of nitrogens with one attached hydrogen (secondary N) is 2. The highest BCUT2D eigenvalue weighted by Gasteiger charge is 2.41. The van der Waals surface area contributed by atoms with Gasteiger partial charge in [-0.3, -0.25) is 9.59 Å². The second kappa shape index (κ2) is 18.2. The van der Waals surface area contributed by atoms with Gasteiger partial charge in [0.05, 0.1) is 29.9 Å². The van der Waals surface area contributed by atoms with Crippen LogP contribution in [0.25, 0.3) is 0 Å². The molecule has 17 heteroatoms. The third-order valence-corrected chi connectivity index (χ3v) is 10.3. The monoisotopic (exact) mass is 798 g/mol. The van der Waals surface area contributed by atoms with Gasteiger partial charge in [0.15, 0.2) is 5.78 Å². The molecule has 0 radical (unpaired) electrons. The number of ketones is 1. The minimum Gasteiger partial charge on any atom is -0.478 e. The Balaban J connectivity index is 0.955. The zero-order valence-corrected chi connectivity index (χ0v) is 32.7. The summed E-state index contributed by atoms with van der Waals surface area (Å²) in [5.74, 6) is -3.89. The molecule has 306 valence electrons. The summed E-state index contributed by atoms with van der Waals surface area (Å²) in [6, 6.07) is 14.5. The zero-order chi connectivity index (χ0) is 41.5. The van der Waals surface area contributed by atoms with E-state index in [1.165, 1.54) is 21.9 Å². The zero-order valence-electron chi connectivity index (χ0n) is 32.7. The van der Waals surface area contributed by atoms with Crippen molar-refractivity contribution in [1.29, 1.82) is 0 Å². The molecular weight excluding hydrogens is 751 g/mol. The highest BCUT2D eigenvalue weighted by molar-refractivity contribution is 6.18. The van der Waals surface area contributed by atoms with Gasteiger partial charge in [0.2, 0.25) is 5.91 Å². The van der Waals surface area contributed by atoms with Gasteiger partial charge in [0, 0.05) is 44.6 Å². The maximum atomic E-state index is 15.3. The predicted molar refractivity (Wildman–Crippen MR) is 208 cm³/mol. The molecule has 3 aliphatic rings. The van der Waals surface area contributed by atoms with Crippen LogP contribution in [-0.4, -0.2) is 103 Å². The van der Waals surface area contributed by atoms with Gasteiger partial charge in [0.25, 0.3) is 0 Å².